The molecule has 5 heteroatoms. The topological polar surface area (TPSA) is 35.6 Å². The predicted molar refractivity (Wildman–Crippen MR) is 121 cm³/mol. The third-order valence-electron chi connectivity index (χ3n) is 6.23. The van der Waals surface area contributed by atoms with Crippen molar-refractivity contribution < 1.29 is 4.79 Å². The molecule has 2 aromatic carbocycles. The molecule has 0 spiro atoms. The van der Waals surface area contributed by atoms with E-state index >= 15 is 0 Å². The number of rotatable bonds is 7. The summed E-state index contributed by atoms with van der Waals surface area (Å²) in [5.74, 6) is 0.673. The number of likely N-dealkylation sites (N-methyl/N-ethyl adjacent to an activating group) is 1. The van der Waals surface area contributed by atoms with Crippen LogP contribution in [0.25, 0.3) is 0 Å². The molecule has 1 heterocycles. The molecule has 4 rings (SSSR count). The molecule has 154 valence electrons. The van der Waals surface area contributed by atoms with Gasteiger partial charge in [-0.2, -0.15) is 0 Å². The van der Waals surface area contributed by atoms with Gasteiger partial charge in [0.15, 0.2) is 0 Å². The Labute approximate surface area is 182 Å². The van der Waals surface area contributed by atoms with E-state index in [1.165, 1.54) is 29.8 Å². The van der Waals surface area contributed by atoms with Crippen molar-refractivity contribution >= 4 is 21.8 Å². The molecule has 0 bridgehead atoms. The third kappa shape index (κ3) is 5.47. The third-order valence-corrected chi connectivity index (χ3v) is 6.76. The fraction of sp³-hybridized carbons (Fsp3) is 0.458. The summed E-state index contributed by atoms with van der Waals surface area (Å²) in [5, 5.41) is 3.12. The Morgan fingerprint density at radius 1 is 0.966 bits per heavy atom. The van der Waals surface area contributed by atoms with Crippen LogP contribution in [0.4, 0.5) is 0 Å². The number of halogens is 1. The van der Waals surface area contributed by atoms with Crippen molar-refractivity contribution in [3.8, 4) is 0 Å². The summed E-state index contributed by atoms with van der Waals surface area (Å²) in [7, 11) is 0. The van der Waals surface area contributed by atoms with E-state index in [1.54, 1.807) is 0 Å². The van der Waals surface area contributed by atoms with Crippen LogP contribution in [0.5, 0.6) is 0 Å². The zero-order chi connectivity index (χ0) is 20.2. The average molecular weight is 456 g/mol. The predicted octanol–water partition coefficient (Wildman–Crippen LogP) is 4.01. The van der Waals surface area contributed by atoms with Crippen molar-refractivity contribution in [3.05, 3.63) is 69.7 Å². The van der Waals surface area contributed by atoms with Crippen LogP contribution in [0.3, 0.4) is 0 Å². The quantitative estimate of drug-likeness (QED) is 0.684. The maximum Gasteiger partial charge on any atom is 0.224 e. The van der Waals surface area contributed by atoms with Gasteiger partial charge in [-0.05, 0) is 47.7 Å². The molecule has 2 aliphatic rings. The van der Waals surface area contributed by atoms with E-state index in [0.717, 1.165) is 37.1 Å². The highest BCUT2D eigenvalue weighted by molar-refractivity contribution is 9.10. The van der Waals surface area contributed by atoms with E-state index in [4.69, 9.17) is 0 Å². The van der Waals surface area contributed by atoms with Crippen LogP contribution in [0.15, 0.2) is 53.0 Å². The molecule has 0 radical (unpaired) electrons. The summed E-state index contributed by atoms with van der Waals surface area (Å²) in [5.41, 5.74) is 3.78. The Balaban J connectivity index is 1.21. The number of carbonyl (C=O) groups is 1. The molecule has 4 nitrogen and oxygen atoms in total. The maximum absolute atomic E-state index is 12.5. The van der Waals surface area contributed by atoms with E-state index in [1.807, 2.05) is 12.1 Å². The standard InChI is InChI=1S/C24H30BrN3O/c1-2-27-11-13-28(14-12-27)17-19-5-3-18(4-6-19)16-26-24(29)23-15-22(23)20-7-9-21(25)10-8-20/h3-10,22-23H,2,11-17H2,1H3,(H,26,29). The van der Waals surface area contributed by atoms with Gasteiger partial charge < -0.3 is 10.2 Å². The number of hydrogen-bond donors (Lipinski definition) is 1. The van der Waals surface area contributed by atoms with Gasteiger partial charge in [-0.3, -0.25) is 9.69 Å². The highest BCUT2D eigenvalue weighted by atomic mass is 79.9. The van der Waals surface area contributed by atoms with E-state index in [0.29, 0.717) is 12.5 Å². The minimum atomic E-state index is 0.122. The Hall–Kier alpha value is -1.69. The van der Waals surface area contributed by atoms with Gasteiger partial charge in [0.1, 0.15) is 0 Å². The van der Waals surface area contributed by atoms with Crippen LogP contribution in [-0.4, -0.2) is 48.4 Å². The SMILES string of the molecule is CCN1CCN(Cc2ccc(CNC(=O)C3CC3c3ccc(Br)cc3)cc2)CC1. The fourth-order valence-electron chi connectivity index (χ4n) is 4.17. The molecule has 1 saturated carbocycles. The number of nitrogens with zero attached hydrogens (tertiary/aromatic N) is 2. The Kier molecular flexibility index (Phi) is 6.68. The first kappa shape index (κ1) is 20.6. The molecule has 2 fully saturated rings. The van der Waals surface area contributed by atoms with E-state index in [9.17, 15) is 4.79 Å². The molecular weight excluding hydrogens is 426 g/mol. The fourth-order valence-corrected chi connectivity index (χ4v) is 4.43. The van der Waals surface area contributed by atoms with Crippen LogP contribution >= 0.6 is 15.9 Å². The zero-order valence-corrected chi connectivity index (χ0v) is 18.7. The summed E-state index contributed by atoms with van der Waals surface area (Å²) >= 11 is 3.46. The lowest BCUT2D eigenvalue weighted by Gasteiger charge is -2.34. The number of amides is 1. The number of nitrogens with one attached hydrogen (secondary N) is 1. The lowest BCUT2D eigenvalue weighted by molar-refractivity contribution is -0.122. The van der Waals surface area contributed by atoms with Crippen LogP contribution in [0, 0.1) is 5.92 Å². The lowest BCUT2D eigenvalue weighted by Crippen LogP contribution is -2.45. The summed E-state index contributed by atoms with van der Waals surface area (Å²) in [6.45, 7) is 9.64. The van der Waals surface area contributed by atoms with E-state index < -0.39 is 0 Å². The minimum absolute atomic E-state index is 0.122. The van der Waals surface area contributed by atoms with Crippen molar-refractivity contribution in [3.63, 3.8) is 0 Å². The summed E-state index contributed by atoms with van der Waals surface area (Å²) < 4.78 is 1.08. The van der Waals surface area contributed by atoms with Crippen LogP contribution in [0.1, 0.15) is 36.0 Å². The molecule has 2 atom stereocenters. The molecule has 1 aliphatic heterocycles. The van der Waals surface area contributed by atoms with E-state index in [2.05, 4.69) is 74.4 Å². The van der Waals surface area contributed by atoms with Crippen molar-refractivity contribution in [2.45, 2.75) is 32.4 Å². The number of benzene rings is 2. The van der Waals surface area contributed by atoms with Crippen molar-refractivity contribution in [2.24, 2.45) is 5.92 Å². The van der Waals surface area contributed by atoms with Gasteiger partial charge in [-0.1, -0.05) is 59.3 Å². The van der Waals surface area contributed by atoms with Gasteiger partial charge in [-0.25, -0.2) is 0 Å². The first-order valence-electron chi connectivity index (χ1n) is 10.7. The first-order chi connectivity index (χ1) is 14.1. The van der Waals surface area contributed by atoms with Crippen molar-refractivity contribution in [1.82, 2.24) is 15.1 Å². The van der Waals surface area contributed by atoms with Gasteiger partial charge in [-0.15, -0.1) is 0 Å². The molecular formula is C24H30BrN3O. The number of carbonyl (C=O) groups excluding carboxylic acids is 1. The summed E-state index contributed by atoms with van der Waals surface area (Å²) in [6, 6.07) is 17.0. The second kappa shape index (κ2) is 9.41. The Bertz CT molecular complexity index is 813. The second-order valence-electron chi connectivity index (χ2n) is 8.24. The smallest absolute Gasteiger partial charge is 0.224 e. The second-order valence-corrected chi connectivity index (χ2v) is 9.16. The van der Waals surface area contributed by atoms with Crippen LogP contribution in [-0.2, 0) is 17.9 Å². The molecule has 2 unspecified atom stereocenters. The van der Waals surface area contributed by atoms with Crippen molar-refractivity contribution in [2.75, 3.05) is 32.7 Å². The number of piperazine rings is 1. The largest absolute Gasteiger partial charge is 0.352 e. The monoisotopic (exact) mass is 455 g/mol. The van der Waals surface area contributed by atoms with Gasteiger partial charge in [0, 0.05) is 49.7 Å². The lowest BCUT2D eigenvalue weighted by atomic mass is 10.1. The van der Waals surface area contributed by atoms with Crippen LogP contribution < -0.4 is 5.32 Å². The van der Waals surface area contributed by atoms with Gasteiger partial charge in [0.2, 0.25) is 5.91 Å². The molecule has 29 heavy (non-hydrogen) atoms. The molecule has 1 aliphatic carbocycles. The number of hydrogen-bond acceptors (Lipinski definition) is 3. The normalized spacial score (nSPS) is 22.4. The van der Waals surface area contributed by atoms with Gasteiger partial charge >= 0.3 is 0 Å². The first-order valence-corrected chi connectivity index (χ1v) is 11.5. The maximum atomic E-state index is 12.5. The van der Waals surface area contributed by atoms with Gasteiger partial charge in [0.05, 0.1) is 0 Å². The van der Waals surface area contributed by atoms with Crippen LogP contribution in [0.2, 0.25) is 0 Å². The molecule has 1 N–H and O–H groups in total. The summed E-state index contributed by atoms with van der Waals surface area (Å²) in [6.07, 6.45) is 0.956. The Morgan fingerprint density at radius 2 is 1.59 bits per heavy atom. The molecule has 2 aromatic rings. The van der Waals surface area contributed by atoms with Crippen molar-refractivity contribution in [1.29, 1.82) is 0 Å². The average Bonchev–Trinajstić information content (AvgIpc) is 3.55. The molecule has 0 aromatic heterocycles. The summed E-state index contributed by atoms with van der Waals surface area (Å²) in [4.78, 5) is 17.5. The minimum Gasteiger partial charge on any atom is -0.352 e. The zero-order valence-electron chi connectivity index (χ0n) is 17.1. The van der Waals surface area contributed by atoms with Gasteiger partial charge in [0.25, 0.3) is 0 Å². The molecule has 1 amide bonds. The highest BCUT2D eigenvalue weighted by Gasteiger charge is 2.43. The molecule has 1 saturated heterocycles. The van der Waals surface area contributed by atoms with E-state index in [-0.39, 0.29) is 11.8 Å². The Morgan fingerprint density at radius 3 is 2.24 bits per heavy atom. The highest BCUT2D eigenvalue weighted by Crippen LogP contribution is 2.47.